The maximum absolute atomic E-state index is 3.40. The Hall–Kier alpha value is -0.0400. The third-order valence-corrected chi connectivity index (χ3v) is 4.56. The van der Waals surface area contributed by atoms with Crippen molar-refractivity contribution in [3.8, 4) is 0 Å². The number of hydrogen-bond acceptors (Lipinski definition) is 1. The average molecular weight is 239 g/mol. The maximum Gasteiger partial charge on any atom is -0.00209 e. The summed E-state index contributed by atoms with van der Waals surface area (Å²) in [4.78, 5) is 0. The monoisotopic (exact) mass is 239 g/mol. The molecule has 0 aromatic heterocycles. The minimum atomic E-state index is 0.503. The topological polar surface area (TPSA) is 12.0 Å². The van der Waals surface area contributed by atoms with Crippen molar-refractivity contribution in [3.05, 3.63) is 0 Å². The van der Waals surface area contributed by atoms with Crippen molar-refractivity contribution in [1.29, 1.82) is 0 Å². The predicted octanol–water partition coefficient (Wildman–Crippen LogP) is 4.47. The van der Waals surface area contributed by atoms with Gasteiger partial charge in [-0.1, -0.05) is 40.5 Å². The summed E-state index contributed by atoms with van der Waals surface area (Å²) in [7, 11) is 2.10. The van der Waals surface area contributed by atoms with Crippen molar-refractivity contribution in [3.63, 3.8) is 0 Å². The van der Waals surface area contributed by atoms with Gasteiger partial charge in [0, 0.05) is 0 Å². The van der Waals surface area contributed by atoms with E-state index in [4.69, 9.17) is 0 Å². The quantitative estimate of drug-likeness (QED) is 0.746. The Morgan fingerprint density at radius 2 is 1.82 bits per heavy atom. The van der Waals surface area contributed by atoms with Gasteiger partial charge in [0.2, 0.25) is 0 Å². The SMILES string of the molecule is CCC1CCC(CNC)C(CCC(C)(C)C)C1. The highest BCUT2D eigenvalue weighted by Gasteiger charge is 2.29. The van der Waals surface area contributed by atoms with Crippen molar-refractivity contribution in [2.24, 2.45) is 23.2 Å². The van der Waals surface area contributed by atoms with Crippen molar-refractivity contribution >= 4 is 0 Å². The molecule has 0 aromatic rings. The van der Waals surface area contributed by atoms with Crippen LogP contribution in [0.4, 0.5) is 0 Å². The van der Waals surface area contributed by atoms with Crippen molar-refractivity contribution < 1.29 is 0 Å². The molecule has 1 N–H and O–H groups in total. The van der Waals surface area contributed by atoms with Crippen LogP contribution in [-0.4, -0.2) is 13.6 Å². The van der Waals surface area contributed by atoms with Gasteiger partial charge in [0.1, 0.15) is 0 Å². The first-order chi connectivity index (χ1) is 7.96. The lowest BCUT2D eigenvalue weighted by atomic mass is 9.70. The second-order valence-electron chi connectivity index (χ2n) is 7.26. The largest absolute Gasteiger partial charge is 0.319 e. The first-order valence-corrected chi connectivity index (χ1v) is 7.61. The number of hydrogen-bond donors (Lipinski definition) is 1. The van der Waals surface area contributed by atoms with Crippen LogP contribution in [0.1, 0.15) is 66.2 Å². The van der Waals surface area contributed by atoms with Crippen molar-refractivity contribution in [2.45, 2.75) is 66.2 Å². The lowest BCUT2D eigenvalue weighted by molar-refractivity contribution is 0.149. The Morgan fingerprint density at radius 3 is 2.35 bits per heavy atom. The third kappa shape index (κ3) is 5.42. The lowest BCUT2D eigenvalue weighted by Gasteiger charge is -2.37. The molecule has 0 aromatic carbocycles. The van der Waals surface area contributed by atoms with Gasteiger partial charge in [0.05, 0.1) is 0 Å². The highest BCUT2D eigenvalue weighted by Crippen LogP contribution is 2.39. The Morgan fingerprint density at radius 1 is 1.12 bits per heavy atom. The van der Waals surface area contributed by atoms with Crippen LogP contribution in [0, 0.1) is 23.2 Å². The van der Waals surface area contributed by atoms with Crippen LogP contribution in [0.25, 0.3) is 0 Å². The molecule has 0 radical (unpaired) electrons. The second-order valence-corrected chi connectivity index (χ2v) is 7.26. The minimum absolute atomic E-state index is 0.503. The summed E-state index contributed by atoms with van der Waals surface area (Å²) >= 11 is 0. The van der Waals surface area contributed by atoms with E-state index in [2.05, 4.69) is 40.1 Å². The van der Waals surface area contributed by atoms with Gasteiger partial charge < -0.3 is 5.32 Å². The Bertz CT molecular complexity index is 204. The van der Waals surface area contributed by atoms with Crippen molar-refractivity contribution in [2.75, 3.05) is 13.6 Å². The van der Waals surface area contributed by atoms with Gasteiger partial charge in [-0.25, -0.2) is 0 Å². The molecular formula is C16H33N. The van der Waals surface area contributed by atoms with E-state index in [-0.39, 0.29) is 0 Å². The third-order valence-electron chi connectivity index (χ3n) is 4.56. The Labute approximate surface area is 109 Å². The highest BCUT2D eigenvalue weighted by molar-refractivity contribution is 4.82. The summed E-state index contributed by atoms with van der Waals surface area (Å²) in [5.41, 5.74) is 0.503. The van der Waals surface area contributed by atoms with Crippen LogP contribution in [0.3, 0.4) is 0 Å². The molecule has 1 rings (SSSR count). The average Bonchev–Trinajstić information content (AvgIpc) is 2.27. The van der Waals surface area contributed by atoms with Crippen LogP contribution in [0.2, 0.25) is 0 Å². The molecule has 0 saturated heterocycles. The van der Waals surface area contributed by atoms with Gasteiger partial charge in [0.25, 0.3) is 0 Å². The zero-order chi connectivity index (χ0) is 12.9. The van der Waals surface area contributed by atoms with Crippen LogP contribution >= 0.6 is 0 Å². The maximum atomic E-state index is 3.40. The van der Waals surface area contributed by atoms with E-state index < -0.39 is 0 Å². The Balaban J connectivity index is 2.48. The summed E-state index contributed by atoms with van der Waals surface area (Å²) in [5, 5.41) is 3.40. The zero-order valence-corrected chi connectivity index (χ0v) is 12.7. The molecular weight excluding hydrogens is 206 g/mol. The first kappa shape index (κ1) is 15.0. The summed E-state index contributed by atoms with van der Waals surface area (Å²) < 4.78 is 0. The molecule has 1 fully saturated rings. The van der Waals surface area contributed by atoms with E-state index in [1.165, 1.54) is 45.1 Å². The first-order valence-electron chi connectivity index (χ1n) is 7.61. The molecule has 3 unspecified atom stereocenters. The van der Waals surface area contributed by atoms with E-state index in [9.17, 15) is 0 Å². The highest BCUT2D eigenvalue weighted by atomic mass is 14.8. The summed E-state index contributed by atoms with van der Waals surface area (Å²) in [6.07, 6.45) is 8.61. The predicted molar refractivity (Wildman–Crippen MR) is 77.2 cm³/mol. The number of rotatable bonds is 5. The van der Waals surface area contributed by atoms with Gasteiger partial charge in [0.15, 0.2) is 0 Å². The molecule has 1 saturated carbocycles. The van der Waals surface area contributed by atoms with Gasteiger partial charge in [-0.2, -0.15) is 0 Å². The van der Waals surface area contributed by atoms with Gasteiger partial charge in [-0.05, 0) is 62.4 Å². The van der Waals surface area contributed by atoms with Crippen LogP contribution < -0.4 is 5.32 Å². The van der Waals surface area contributed by atoms with Crippen LogP contribution in [0.15, 0.2) is 0 Å². The molecule has 1 aliphatic carbocycles. The van der Waals surface area contributed by atoms with E-state index in [0.29, 0.717) is 5.41 Å². The minimum Gasteiger partial charge on any atom is -0.319 e. The summed E-state index contributed by atoms with van der Waals surface area (Å²) in [5.74, 6) is 2.92. The molecule has 0 spiro atoms. The summed E-state index contributed by atoms with van der Waals surface area (Å²) in [6, 6.07) is 0. The van der Waals surface area contributed by atoms with Gasteiger partial charge in [-0.15, -0.1) is 0 Å². The van der Waals surface area contributed by atoms with Gasteiger partial charge in [-0.3, -0.25) is 0 Å². The number of nitrogens with one attached hydrogen (secondary N) is 1. The molecule has 102 valence electrons. The zero-order valence-electron chi connectivity index (χ0n) is 12.7. The van der Waals surface area contributed by atoms with E-state index in [0.717, 1.165) is 17.8 Å². The molecule has 17 heavy (non-hydrogen) atoms. The molecule has 0 heterocycles. The Kier molecular flexibility index (Phi) is 5.99. The fraction of sp³-hybridized carbons (Fsp3) is 1.00. The van der Waals surface area contributed by atoms with E-state index >= 15 is 0 Å². The van der Waals surface area contributed by atoms with E-state index in [1.54, 1.807) is 0 Å². The molecule has 3 atom stereocenters. The molecule has 0 bridgehead atoms. The smallest absolute Gasteiger partial charge is 0.00209 e. The molecule has 0 amide bonds. The summed E-state index contributed by atoms with van der Waals surface area (Å²) in [6.45, 7) is 10.7. The molecule has 1 heteroatoms. The van der Waals surface area contributed by atoms with Crippen LogP contribution in [0.5, 0.6) is 0 Å². The van der Waals surface area contributed by atoms with Crippen LogP contribution in [-0.2, 0) is 0 Å². The van der Waals surface area contributed by atoms with Gasteiger partial charge >= 0.3 is 0 Å². The fourth-order valence-electron chi connectivity index (χ4n) is 3.30. The standard InChI is InChI=1S/C16H33N/c1-6-13-7-8-15(12-17-5)14(11-13)9-10-16(2,3)4/h13-15,17H,6-12H2,1-5H3. The molecule has 1 nitrogen and oxygen atoms in total. The molecule has 0 aliphatic heterocycles. The normalized spacial score (nSPS) is 30.5. The fourth-order valence-corrected chi connectivity index (χ4v) is 3.30. The van der Waals surface area contributed by atoms with E-state index in [1.807, 2.05) is 0 Å². The second kappa shape index (κ2) is 6.78. The van der Waals surface area contributed by atoms with Crippen molar-refractivity contribution in [1.82, 2.24) is 5.32 Å². The lowest BCUT2D eigenvalue weighted by Crippen LogP contribution is -2.32. The molecule has 1 aliphatic rings.